The Bertz CT molecular complexity index is 342. The molecule has 0 saturated carbocycles. The second-order valence-electron chi connectivity index (χ2n) is 4.65. The molecule has 0 heterocycles. The number of carbonyl (C=O) groups excluding carboxylic acids is 4. The molecule has 0 aliphatic heterocycles. The summed E-state index contributed by atoms with van der Waals surface area (Å²) in [6, 6.07) is 0. The van der Waals surface area contributed by atoms with E-state index >= 15 is 0 Å². The summed E-state index contributed by atoms with van der Waals surface area (Å²) in [5.41, 5.74) is 0. The van der Waals surface area contributed by atoms with Crippen molar-refractivity contribution in [3.63, 3.8) is 0 Å². The van der Waals surface area contributed by atoms with Crippen molar-refractivity contribution < 1.29 is 29.0 Å². The first-order valence-electron chi connectivity index (χ1n) is 8.33. The smallest absolute Gasteiger partial charge is 0.312 e. The van der Waals surface area contributed by atoms with E-state index in [2.05, 4.69) is 17.0 Å². The second kappa shape index (κ2) is 25.2. The predicted octanol–water partition coefficient (Wildman–Crippen LogP) is -0.0843. The molecular weight excluding hydrogens is 342 g/mol. The highest BCUT2D eigenvalue weighted by atomic mass is 16.5. The Morgan fingerprint density at radius 3 is 1.50 bits per heavy atom. The van der Waals surface area contributed by atoms with Crippen molar-refractivity contribution in [2.24, 2.45) is 0 Å². The molecule has 2 amide bonds. The Kier molecular flexibility index (Phi) is 30.8. The van der Waals surface area contributed by atoms with Gasteiger partial charge in [-0.2, -0.15) is 0 Å². The van der Waals surface area contributed by atoms with E-state index in [1.807, 2.05) is 20.9 Å². The van der Waals surface area contributed by atoms with Gasteiger partial charge in [0.25, 0.3) is 0 Å². The van der Waals surface area contributed by atoms with Crippen LogP contribution >= 0.6 is 0 Å². The molecule has 0 radical (unpaired) electrons. The van der Waals surface area contributed by atoms with Crippen LogP contribution in [0.5, 0.6) is 0 Å². The zero-order valence-corrected chi connectivity index (χ0v) is 17.5. The molecule has 0 aromatic heterocycles. The Labute approximate surface area is 157 Å². The SMILES string of the molecule is CCN(C)C(=O)CC(=O)N(C)CC.CCNC.CO.COC(=O)CC=O. The first-order chi connectivity index (χ1) is 12.2. The summed E-state index contributed by atoms with van der Waals surface area (Å²) < 4.78 is 4.12. The molecule has 156 valence electrons. The van der Waals surface area contributed by atoms with E-state index in [4.69, 9.17) is 5.11 Å². The lowest BCUT2D eigenvalue weighted by Gasteiger charge is -2.17. The van der Waals surface area contributed by atoms with Crippen molar-refractivity contribution in [2.45, 2.75) is 33.6 Å². The third kappa shape index (κ3) is 24.3. The Hall–Kier alpha value is -2.00. The molecule has 2 N–H and O–H groups in total. The summed E-state index contributed by atoms with van der Waals surface area (Å²) in [6.07, 6.45) is 0.344. The van der Waals surface area contributed by atoms with Crippen molar-refractivity contribution in [3.8, 4) is 0 Å². The van der Waals surface area contributed by atoms with Gasteiger partial charge < -0.3 is 29.8 Å². The number of hydrogen-bond acceptors (Lipinski definition) is 7. The summed E-state index contributed by atoms with van der Waals surface area (Å²) >= 11 is 0. The molecule has 0 fully saturated rings. The zero-order valence-electron chi connectivity index (χ0n) is 17.5. The fourth-order valence-electron chi connectivity index (χ4n) is 0.903. The number of hydrogen-bond donors (Lipinski definition) is 2. The van der Waals surface area contributed by atoms with E-state index in [0.717, 1.165) is 13.7 Å². The third-order valence-corrected chi connectivity index (χ3v) is 2.93. The van der Waals surface area contributed by atoms with Crippen LogP contribution in [-0.2, 0) is 23.9 Å². The third-order valence-electron chi connectivity index (χ3n) is 2.93. The van der Waals surface area contributed by atoms with Gasteiger partial charge in [0.1, 0.15) is 19.1 Å². The maximum absolute atomic E-state index is 11.3. The molecule has 0 aliphatic rings. The normalized spacial score (nSPS) is 8.19. The number of nitrogens with zero attached hydrogens (tertiary/aromatic N) is 2. The lowest BCUT2D eigenvalue weighted by molar-refractivity contribution is -0.142. The Morgan fingerprint density at radius 2 is 1.35 bits per heavy atom. The quantitative estimate of drug-likeness (QED) is 0.361. The molecule has 0 unspecified atom stereocenters. The highest BCUT2D eigenvalue weighted by Crippen LogP contribution is 1.95. The molecule has 0 atom stereocenters. The van der Waals surface area contributed by atoms with Gasteiger partial charge in [-0.3, -0.25) is 14.4 Å². The number of aliphatic hydroxyl groups excluding tert-OH is 1. The molecule has 0 aromatic carbocycles. The van der Waals surface area contributed by atoms with E-state index in [1.165, 1.54) is 7.11 Å². The van der Waals surface area contributed by atoms with Crippen LogP contribution in [0.4, 0.5) is 0 Å². The van der Waals surface area contributed by atoms with Crippen LogP contribution in [-0.4, -0.2) is 94.0 Å². The van der Waals surface area contributed by atoms with Gasteiger partial charge in [-0.05, 0) is 27.4 Å². The lowest BCUT2D eigenvalue weighted by Crippen LogP contribution is -2.34. The highest BCUT2D eigenvalue weighted by molar-refractivity contribution is 5.96. The summed E-state index contributed by atoms with van der Waals surface area (Å²) in [6.45, 7) is 8.18. The summed E-state index contributed by atoms with van der Waals surface area (Å²) in [7, 11) is 7.56. The summed E-state index contributed by atoms with van der Waals surface area (Å²) in [5.74, 6) is -0.726. The number of nitrogens with one attached hydrogen (secondary N) is 1. The van der Waals surface area contributed by atoms with Crippen molar-refractivity contribution >= 4 is 24.1 Å². The molecule has 0 rings (SSSR count). The zero-order chi connectivity index (χ0) is 21.5. The van der Waals surface area contributed by atoms with Crippen molar-refractivity contribution in [1.82, 2.24) is 15.1 Å². The van der Waals surface area contributed by atoms with Crippen LogP contribution in [0.3, 0.4) is 0 Å². The minimum atomic E-state index is -0.491. The van der Waals surface area contributed by atoms with Crippen molar-refractivity contribution in [3.05, 3.63) is 0 Å². The van der Waals surface area contributed by atoms with Gasteiger partial charge in [0, 0.05) is 34.3 Å². The Morgan fingerprint density at radius 1 is 1.00 bits per heavy atom. The predicted molar refractivity (Wildman–Crippen MR) is 102 cm³/mol. The van der Waals surface area contributed by atoms with E-state index in [9.17, 15) is 19.2 Å². The van der Waals surface area contributed by atoms with Crippen LogP contribution in [0.15, 0.2) is 0 Å². The van der Waals surface area contributed by atoms with Gasteiger partial charge in [0.05, 0.1) is 7.11 Å². The molecule has 9 heteroatoms. The molecule has 0 bridgehead atoms. The number of ether oxygens (including phenoxy) is 1. The molecular formula is C17H37N3O6. The molecule has 26 heavy (non-hydrogen) atoms. The standard InChI is InChI=1S/C9H18N2O2.C4H6O3.C3H9N.CH4O/c1-5-10(3)8(12)7-9(13)11(4)6-2;1-7-4(6)2-3-5;1-3-4-2;1-2/h5-7H2,1-4H3;3H,2H2,1H3;4H,3H2,1-2H3;2H,1H3. The van der Waals surface area contributed by atoms with Gasteiger partial charge in [0.15, 0.2) is 0 Å². The monoisotopic (exact) mass is 379 g/mol. The first-order valence-corrected chi connectivity index (χ1v) is 8.33. The number of rotatable bonds is 7. The summed E-state index contributed by atoms with van der Waals surface area (Å²) in [5, 5.41) is 9.93. The van der Waals surface area contributed by atoms with Crippen LogP contribution in [0.25, 0.3) is 0 Å². The number of methoxy groups -OCH3 is 1. The average Bonchev–Trinajstić information content (AvgIpc) is 2.68. The summed E-state index contributed by atoms with van der Waals surface area (Å²) in [4.78, 5) is 45.1. The van der Waals surface area contributed by atoms with E-state index in [1.54, 1.807) is 23.9 Å². The van der Waals surface area contributed by atoms with Crippen LogP contribution in [0.1, 0.15) is 33.6 Å². The Balaban J connectivity index is -0.000000156. The molecule has 0 saturated heterocycles. The van der Waals surface area contributed by atoms with Gasteiger partial charge in [-0.15, -0.1) is 0 Å². The average molecular weight is 379 g/mol. The van der Waals surface area contributed by atoms with Crippen LogP contribution in [0.2, 0.25) is 0 Å². The highest BCUT2D eigenvalue weighted by Gasteiger charge is 2.14. The van der Waals surface area contributed by atoms with Gasteiger partial charge in [-0.25, -0.2) is 0 Å². The second-order valence-corrected chi connectivity index (χ2v) is 4.65. The van der Waals surface area contributed by atoms with E-state index < -0.39 is 5.97 Å². The van der Waals surface area contributed by atoms with Gasteiger partial charge in [-0.1, -0.05) is 6.92 Å². The first kappa shape index (κ1) is 31.7. The molecule has 0 spiro atoms. The van der Waals surface area contributed by atoms with Crippen LogP contribution in [0, 0.1) is 0 Å². The van der Waals surface area contributed by atoms with Crippen molar-refractivity contribution in [2.75, 3.05) is 55.0 Å². The minimum Gasteiger partial charge on any atom is -0.469 e. The van der Waals surface area contributed by atoms with Gasteiger partial charge >= 0.3 is 5.97 Å². The molecule has 0 aliphatic carbocycles. The lowest BCUT2D eigenvalue weighted by atomic mass is 10.3. The largest absolute Gasteiger partial charge is 0.469 e. The molecule has 0 aromatic rings. The minimum absolute atomic E-state index is 0.0192. The number of carbonyl (C=O) groups is 4. The number of aldehydes is 1. The van der Waals surface area contributed by atoms with Gasteiger partial charge in [0.2, 0.25) is 11.8 Å². The van der Waals surface area contributed by atoms with Crippen LogP contribution < -0.4 is 5.32 Å². The van der Waals surface area contributed by atoms with E-state index in [-0.39, 0.29) is 24.7 Å². The fraction of sp³-hybridized carbons (Fsp3) is 0.765. The van der Waals surface area contributed by atoms with E-state index in [0.29, 0.717) is 19.4 Å². The topological polar surface area (TPSA) is 116 Å². The number of amides is 2. The number of esters is 1. The number of aliphatic hydroxyl groups is 1. The molecule has 9 nitrogen and oxygen atoms in total. The fourth-order valence-corrected chi connectivity index (χ4v) is 0.903. The maximum atomic E-state index is 11.3. The maximum Gasteiger partial charge on any atom is 0.312 e. The van der Waals surface area contributed by atoms with Crippen molar-refractivity contribution in [1.29, 1.82) is 0 Å².